The van der Waals surface area contributed by atoms with Crippen LogP contribution in [0.15, 0.2) is 12.5 Å². The Bertz CT molecular complexity index is 796. The largest absolute Gasteiger partial charge is 0.350 e. The number of aryl methyl sites for hydroxylation is 2. The molecule has 0 saturated carbocycles. The third-order valence-electron chi connectivity index (χ3n) is 2.97. The highest BCUT2D eigenvalue weighted by molar-refractivity contribution is 7.92. The van der Waals surface area contributed by atoms with Gasteiger partial charge in [0.15, 0.2) is 5.82 Å². The van der Waals surface area contributed by atoms with Crippen molar-refractivity contribution in [2.75, 3.05) is 11.0 Å². The fourth-order valence-corrected chi connectivity index (χ4v) is 2.35. The van der Waals surface area contributed by atoms with Crippen LogP contribution in [0, 0.1) is 13.8 Å². The van der Waals surface area contributed by atoms with Crippen LogP contribution in [0.5, 0.6) is 0 Å². The minimum atomic E-state index is -3.43. The van der Waals surface area contributed by atoms with E-state index in [9.17, 15) is 13.2 Å². The molecule has 2 rings (SSSR count). The second-order valence-corrected chi connectivity index (χ2v) is 6.72. The number of amides is 1. The summed E-state index contributed by atoms with van der Waals surface area (Å²) in [5, 5.41) is 10.0. The number of carbonyl (C=O) groups is 1. The third-order valence-corrected chi connectivity index (χ3v) is 3.55. The number of nitrogens with zero attached hydrogens (tertiary/aromatic N) is 5. The predicted octanol–water partition coefficient (Wildman–Crippen LogP) is -0.627. The molecule has 0 fully saturated rings. The molecule has 0 spiro atoms. The maximum atomic E-state index is 11.9. The van der Waals surface area contributed by atoms with Gasteiger partial charge >= 0.3 is 0 Å². The standard InChI is InChI=1S/C12H17N7O3S/c1-8-10(9(2)15-7-14-8)4-13-12(20)6-19-5-11(16-18-19)17-23(3,21)22/h5,7,17H,4,6H2,1-3H3,(H,13,20). The van der Waals surface area contributed by atoms with E-state index in [0.29, 0.717) is 6.54 Å². The van der Waals surface area contributed by atoms with Gasteiger partial charge in [0.25, 0.3) is 0 Å². The van der Waals surface area contributed by atoms with Crippen LogP contribution < -0.4 is 10.0 Å². The van der Waals surface area contributed by atoms with Crippen molar-refractivity contribution in [2.45, 2.75) is 26.9 Å². The van der Waals surface area contributed by atoms with Crippen molar-refractivity contribution in [2.24, 2.45) is 0 Å². The zero-order chi connectivity index (χ0) is 17.0. The minimum Gasteiger partial charge on any atom is -0.350 e. The van der Waals surface area contributed by atoms with Crippen LogP contribution in [0.3, 0.4) is 0 Å². The molecule has 2 aromatic rings. The molecule has 1 amide bonds. The summed E-state index contributed by atoms with van der Waals surface area (Å²) in [6.45, 7) is 3.91. The monoisotopic (exact) mass is 339 g/mol. The summed E-state index contributed by atoms with van der Waals surface area (Å²) >= 11 is 0. The SMILES string of the molecule is Cc1ncnc(C)c1CNC(=O)Cn1cc(NS(C)(=O)=O)nn1. The van der Waals surface area contributed by atoms with E-state index < -0.39 is 10.0 Å². The van der Waals surface area contributed by atoms with E-state index in [1.807, 2.05) is 13.8 Å². The number of aromatic nitrogens is 5. The summed E-state index contributed by atoms with van der Waals surface area (Å²) < 4.78 is 25.6. The Morgan fingerprint density at radius 2 is 1.91 bits per heavy atom. The van der Waals surface area contributed by atoms with E-state index in [1.54, 1.807) is 0 Å². The number of nitrogens with one attached hydrogen (secondary N) is 2. The zero-order valence-electron chi connectivity index (χ0n) is 12.9. The van der Waals surface area contributed by atoms with Crippen molar-refractivity contribution in [3.05, 3.63) is 29.5 Å². The van der Waals surface area contributed by atoms with Crippen molar-refractivity contribution >= 4 is 21.7 Å². The molecule has 0 bridgehead atoms. The van der Waals surface area contributed by atoms with E-state index in [-0.39, 0.29) is 18.3 Å². The molecular weight excluding hydrogens is 322 g/mol. The average Bonchev–Trinajstić information content (AvgIpc) is 2.83. The van der Waals surface area contributed by atoms with E-state index in [2.05, 4.69) is 30.3 Å². The lowest BCUT2D eigenvalue weighted by Crippen LogP contribution is -2.28. The highest BCUT2D eigenvalue weighted by atomic mass is 32.2. The molecule has 11 heteroatoms. The normalized spacial score (nSPS) is 11.3. The van der Waals surface area contributed by atoms with Gasteiger partial charge in [-0.3, -0.25) is 9.52 Å². The number of rotatable bonds is 6. The minimum absolute atomic E-state index is 0.0587. The number of hydrogen-bond acceptors (Lipinski definition) is 7. The molecule has 0 aliphatic carbocycles. The molecule has 124 valence electrons. The molecular formula is C12H17N7O3S. The summed E-state index contributed by atoms with van der Waals surface area (Å²) in [5.74, 6) is -0.230. The first-order valence-corrected chi connectivity index (χ1v) is 8.55. The molecule has 10 nitrogen and oxygen atoms in total. The Balaban J connectivity index is 1.93. The van der Waals surface area contributed by atoms with Crippen LogP contribution in [-0.4, -0.2) is 45.5 Å². The molecule has 2 aromatic heterocycles. The molecule has 0 aliphatic heterocycles. The highest BCUT2D eigenvalue weighted by Gasteiger charge is 2.10. The van der Waals surface area contributed by atoms with Gasteiger partial charge in [0.2, 0.25) is 15.9 Å². The van der Waals surface area contributed by atoms with Crippen LogP contribution >= 0.6 is 0 Å². The van der Waals surface area contributed by atoms with Crippen molar-refractivity contribution in [3.63, 3.8) is 0 Å². The predicted molar refractivity (Wildman–Crippen MR) is 81.8 cm³/mol. The maximum Gasteiger partial charge on any atom is 0.242 e. The summed E-state index contributed by atoms with van der Waals surface area (Å²) in [4.78, 5) is 20.1. The van der Waals surface area contributed by atoms with Crippen molar-refractivity contribution < 1.29 is 13.2 Å². The molecule has 0 aromatic carbocycles. The molecule has 2 N–H and O–H groups in total. The molecule has 2 heterocycles. The smallest absolute Gasteiger partial charge is 0.242 e. The highest BCUT2D eigenvalue weighted by Crippen LogP contribution is 2.07. The lowest BCUT2D eigenvalue weighted by Gasteiger charge is -2.09. The summed E-state index contributed by atoms with van der Waals surface area (Å²) in [6.07, 6.45) is 3.82. The van der Waals surface area contributed by atoms with Gasteiger partial charge in [-0.05, 0) is 13.8 Å². The molecule has 0 aliphatic rings. The van der Waals surface area contributed by atoms with E-state index in [0.717, 1.165) is 23.2 Å². The van der Waals surface area contributed by atoms with Gasteiger partial charge in [-0.15, -0.1) is 5.10 Å². The number of hydrogen-bond donors (Lipinski definition) is 2. The number of anilines is 1. The van der Waals surface area contributed by atoms with Crippen LogP contribution in [0.4, 0.5) is 5.82 Å². The fourth-order valence-electron chi connectivity index (χ4n) is 1.88. The first-order chi connectivity index (χ1) is 10.7. The molecule has 0 radical (unpaired) electrons. The number of sulfonamides is 1. The molecule has 0 atom stereocenters. The Hall–Kier alpha value is -2.56. The van der Waals surface area contributed by atoms with Crippen LogP contribution in [0.2, 0.25) is 0 Å². The Morgan fingerprint density at radius 1 is 1.26 bits per heavy atom. The van der Waals surface area contributed by atoms with Gasteiger partial charge in [-0.25, -0.2) is 23.1 Å². The van der Waals surface area contributed by atoms with Crippen LogP contribution in [0.25, 0.3) is 0 Å². The lowest BCUT2D eigenvalue weighted by atomic mass is 10.2. The molecule has 0 unspecified atom stereocenters. The Labute approximate surface area is 133 Å². The first kappa shape index (κ1) is 16.8. The van der Waals surface area contributed by atoms with E-state index >= 15 is 0 Å². The van der Waals surface area contributed by atoms with E-state index in [4.69, 9.17) is 0 Å². The second kappa shape index (κ2) is 6.69. The van der Waals surface area contributed by atoms with Crippen molar-refractivity contribution in [1.82, 2.24) is 30.3 Å². The Morgan fingerprint density at radius 3 is 2.52 bits per heavy atom. The average molecular weight is 339 g/mol. The van der Waals surface area contributed by atoms with Gasteiger partial charge in [0.05, 0.1) is 12.5 Å². The van der Waals surface area contributed by atoms with Crippen LogP contribution in [-0.2, 0) is 27.9 Å². The Kier molecular flexibility index (Phi) is 4.89. The fraction of sp³-hybridized carbons (Fsp3) is 0.417. The lowest BCUT2D eigenvalue weighted by molar-refractivity contribution is -0.122. The molecule has 23 heavy (non-hydrogen) atoms. The van der Waals surface area contributed by atoms with Gasteiger partial charge < -0.3 is 5.32 Å². The van der Waals surface area contributed by atoms with E-state index in [1.165, 1.54) is 17.2 Å². The van der Waals surface area contributed by atoms with Gasteiger partial charge in [0, 0.05) is 23.5 Å². The van der Waals surface area contributed by atoms with Gasteiger partial charge in [-0.2, -0.15) is 0 Å². The second-order valence-electron chi connectivity index (χ2n) is 4.98. The number of carbonyl (C=O) groups excluding carboxylic acids is 1. The molecule has 0 saturated heterocycles. The topological polar surface area (TPSA) is 132 Å². The van der Waals surface area contributed by atoms with Gasteiger partial charge in [0.1, 0.15) is 12.9 Å². The third kappa shape index (κ3) is 4.98. The first-order valence-electron chi connectivity index (χ1n) is 6.66. The summed E-state index contributed by atoms with van der Waals surface area (Å²) in [6, 6.07) is 0. The quantitative estimate of drug-likeness (QED) is 0.716. The van der Waals surface area contributed by atoms with Gasteiger partial charge in [-0.1, -0.05) is 5.21 Å². The zero-order valence-corrected chi connectivity index (χ0v) is 13.8. The summed E-state index contributed by atoms with van der Waals surface area (Å²) in [7, 11) is -3.43. The summed E-state index contributed by atoms with van der Waals surface area (Å²) in [5.41, 5.74) is 2.47. The van der Waals surface area contributed by atoms with Crippen molar-refractivity contribution in [1.29, 1.82) is 0 Å². The van der Waals surface area contributed by atoms with Crippen LogP contribution in [0.1, 0.15) is 17.0 Å². The maximum absolute atomic E-state index is 11.9. The van der Waals surface area contributed by atoms with Crippen molar-refractivity contribution in [3.8, 4) is 0 Å².